The molecule has 1 atom stereocenters. The van der Waals surface area contributed by atoms with Gasteiger partial charge in [0.1, 0.15) is 5.76 Å². The Kier molecular flexibility index (Phi) is 4.00. The molecule has 114 valence electrons. The average molecular weight is 307 g/mol. The number of furan rings is 1. The van der Waals surface area contributed by atoms with Crippen molar-refractivity contribution in [2.45, 2.75) is 37.3 Å². The summed E-state index contributed by atoms with van der Waals surface area (Å²) < 4.78 is 6.12. The standard InChI is InChI=1S/C17H23ClN2O/c1-19-16(17(20(2)3)9-4-5-10-17)14-11-12-7-6-8-13(18)15(12)21-14/h6-8,11,16,19H,4-5,9-10H2,1-3H3. The Bertz CT molecular complexity index is 629. The van der Waals surface area contributed by atoms with Gasteiger partial charge in [-0.3, -0.25) is 0 Å². The van der Waals surface area contributed by atoms with E-state index in [1.807, 2.05) is 19.2 Å². The summed E-state index contributed by atoms with van der Waals surface area (Å²) in [5, 5.41) is 5.24. The molecule has 1 N–H and O–H groups in total. The molecule has 0 spiro atoms. The highest BCUT2D eigenvalue weighted by atomic mass is 35.5. The molecule has 1 fully saturated rings. The second kappa shape index (κ2) is 5.64. The summed E-state index contributed by atoms with van der Waals surface area (Å²) in [5.74, 6) is 0.983. The normalized spacial score (nSPS) is 19.5. The summed E-state index contributed by atoms with van der Waals surface area (Å²) in [6.07, 6.45) is 4.93. The second-order valence-electron chi connectivity index (χ2n) is 6.23. The lowest BCUT2D eigenvalue weighted by molar-refractivity contribution is 0.0983. The van der Waals surface area contributed by atoms with Crippen LogP contribution in [0.5, 0.6) is 0 Å². The number of nitrogens with zero attached hydrogens (tertiary/aromatic N) is 1. The van der Waals surface area contributed by atoms with E-state index in [1.54, 1.807) is 0 Å². The third kappa shape index (κ3) is 2.37. The zero-order valence-electron chi connectivity index (χ0n) is 12.9. The number of benzene rings is 1. The SMILES string of the molecule is CNC(c1cc2cccc(Cl)c2o1)C1(N(C)C)CCCC1. The van der Waals surface area contributed by atoms with Crippen molar-refractivity contribution in [3.05, 3.63) is 35.0 Å². The summed E-state index contributed by atoms with van der Waals surface area (Å²) in [6, 6.07) is 8.21. The van der Waals surface area contributed by atoms with Gasteiger partial charge in [-0.05, 0) is 46.1 Å². The van der Waals surface area contributed by atoms with Gasteiger partial charge < -0.3 is 14.6 Å². The lowest BCUT2D eigenvalue weighted by Gasteiger charge is -2.42. The van der Waals surface area contributed by atoms with E-state index in [0.29, 0.717) is 5.02 Å². The van der Waals surface area contributed by atoms with Crippen LogP contribution < -0.4 is 5.32 Å². The van der Waals surface area contributed by atoms with Crippen LogP contribution in [-0.2, 0) is 0 Å². The monoisotopic (exact) mass is 306 g/mol. The van der Waals surface area contributed by atoms with Crippen molar-refractivity contribution in [1.29, 1.82) is 0 Å². The quantitative estimate of drug-likeness (QED) is 0.916. The molecule has 0 amide bonds. The van der Waals surface area contributed by atoms with Gasteiger partial charge in [0.25, 0.3) is 0 Å². The smallest absolute Gasteiger partial charge is 0.152 e. The fraction of sp³-hybridized carbons (Fsp3) is 0.529. The molecule has 3 rings (SSSR count). The molecule has 1 aliphatic carbocycles. The zero-order chi connectivity index (χ0) is 15.0. The molecule has 0 saturated heterocycles. The van der Waals surface area contributed by atoms with E-state index in [0.717, 1.165) is 16.7 Å². The first-order valence-electron chi connectivity index (χ1n) is 7.61. The molecule has 0 aliphatic heterocycles. The van der Waals surface area contributed by atoms with Gasteiger partial charge in [-0.25, -0.2) is 0 Å². The molecule has 1 saturated carbocycles. The molecule has 0 radical (unpaired) electrons. The number of para-hydroxylation sites is 1. The van der Waals surface area contributed by atoms with Crippen LogP contribution in [0.2, 0.25) is 5.02 Å². The van der Waals surface area contributed by atoms with Gasteiger partial charge in [-0.1, -0.05) is 36.6 Å². The Morgan fingerprint density at radius 1 is 1.29 bits per heavy atom. The molecule has 1 unspecified atom stereocenters. The highest BCUT2D eigenvalue weighted by Gasteiger charge is 2.44. The summed E-state index contributed by atoms with van der Waals surface area (Å²) in [4.78, 5) is 2.36. The van der Waals surface area contributed by atoms with Gasteiger partial charge in [-0.15, -0.1) is 0 Å². The van der Waals surface area contributed by atoms with Crippen molar-refractivity contribution in [2.24, 2.45) is 0 Å². The van der Waals surface area contributed by atoms with Crippen LogP contribution in [0.4, 0.5) is 0 Å². The van der Waals surface area contributed by atoms with E-state index >= 15 is 0 Å². The van der Waals surface area contributed by atoms with Crippen molar-refractivity contribution in [2.75, 3.05) is 21.1 Å². The summed E-state index contributed by atoms with van der Waals surface area (Å²) in [6.45, 7) is 0. The molecular formula is C17H23ClN2O. The van der Waals surface area contributed by atoms with Gasteiger partial charge >= 0.3 is 0 Å². The van der Waals surface area contributed by atoms with Crippen LogP contribution >= 0.6 is 11.6 Å². The number of hydrogen-bond donors (Lipinski definition) is 1. The van der Waals surface area contributed by atoms with Crippen molar-refractivity contribution in [3.63, 3.8) is 0 Å². The van der Waals surface area contributed by atoms with E-state index < -0.39 is 0 Å². The molecule has 2 aromatic rings. The third-order valence-corrected chi connectivity index (χ3v) is 5.28. The van der Waals surface area contributed by atoms with Crippen LogP contribution in [0.15, 0.2) is 28.7 Å². The van der Waals surface area contributed by atoms with E-state index in [1.165, 1.54) is 25.7 Å². The number of hydrogen-bond acceptors (Lipinski definition) is 3. The minimum Gasteiger partial charge on any atom is -0.458 e. The highest BCUT2D eigenvalue weighted by molar-refractivity contribution is 6.34. The van der Waals surface area contributed by atoms with Crippen LogP contribution in [0.3, 0.4) is 0 Å². The number of halogens is 1. The lowest BCUT2D eigenvalue weighted by Crippen LogP contribution is -2.51. The van der Waals surface area contributed by atoms with Crippen molar-refractivity contribution < 1.29 is 4.42 Å². The van der Waals surface area contributed by atoms with Gasteiger partial charge in [-0.2, -0.15) is 0 Å². The van der Waals surface area contributed by atoms with Crippen molar-refractivity contribution in [3.8, 4) is 0 Å². The van der Waals surface area contributed by atoms with Crippen molar-refractivity contribution in [1.82, 2.24) is 10.2 Å². The molecule has 1 aromatic heterocycles. The van der Waals surface area contributed by atoms with Crippen LogP contribution in [0, 0.1) is 0 Å². The first-order valence-corrected chi connectivity index (χ1v) is 7.99. The Labute approximate surface area is 131 Å². The zero-order valence-corrected chi connectivity index (χ0v) is 13.7. The van der Waals surface area contributed by atoms with Gasteiger partial charge in [0.2, 0.25) is 0 Å². The maximum Gasteiger partial charge on any atom is 0.152 e. The molecular weight excluding hydrogens is 284 g/mol. The van der Waals surface area contributed by atoms with E-state index in [9.17, 15) is 0 Å². The first-order chi connectivity index (χ1) is 10.1. The van der Waals surface area contributed by atoms with Crippen LogP contribution in [0.25, 0.3) is 11.0 Å². The Morgan fingerprint density at radius 3 is 2.57 bits per heavy atom. The fourth-order valence-electron chi connectivity index (χ4n) is 3.85. The summed E-state index contributed by atoms with van der Waals surface area (Å²) in [7, 11) is 6.36. The maximum atomic E-state index is 6.25. The Morgan fingerprint density at radius 2 is 2.00 bits per heavy atom. The maximum absolute atomic E-state index is 6.25. The lowest BCUT2D eigenvalue weighted by atomic mass is 9.85. The second-order valence-corrected chi connectivity index (χ2v) is 6.64. The molecule has 21 heavy (non-hydrogen) atoms. The number of likely N-dealkylation sites (N-methyl/N-ethyl adjacent to an activating group) is 2. The van der Waals surface area contributed by atoms with Gasteiger partial charge in [0.05, 0.1) is 11.1 Å². The summed E-state index contributed by atoms with van der Waals surface area (Å²) in [5.41, 5.74) is 0.913. The first kappa shape index (κ1) is 14.9. The van der Waals surface area contributed by atoms with E-state index in [-0.39, 0.29) is 11.6 Å². The van der Waals surface area contributed by atoms with Crippen LogP contribution in [0.1, 0.15) is 37.5 Å². The van der Waals surface area contributed by atoms with E-state index in [2.05, 4.69) is 36.4 Å². The number of fused-ring (bicyclic) bond motifs is 1. The van der Waals surface area contributed by atoms with Crippen molar-refractivity contribution >= 4 is 22.6 Å². The minimum atomic E-state index is 0.120. The molecule has 1 aliphatic rings. The molecule has 0 bridgehead atoms. The van der Waals surface area contributed by atoms with Crippen LogP contribution in [-0.4, -0.2) is 31.6 Å². The third-order valence-electron chi connectivity index (χ3n) is 4.99. The molecule has 3 nitrogen and oxygen atoms in total. The molecule has 4 heteroatoms. The largest absolute Gasteiger partial charge is 0.458 e. The summed E-state index contributed by atoms with van der Waals surface area (Å²) >= 11 is 6.25. The molecule has 1 heterocycles. The average Bonchev–Trinajstić information content (AvgIpc) is 3.08. The van der Waals surface area contributed by atoms with Gasteiger partial charge in [0, 0.05) is 10.9 Å². The fourth-order valence-corrected chi connectivity index (χ4v) is 4.07. The Hall–Kier alpha value is -1.03. The van der Waals surface area contributed by atoms with Gasteiger partial charge in [0.15, 0.2) is 5.58 Å². The Balaban J connectivity index is 2.07. The predicted octanol–water partition coefficient (Wildman–Crippen LogP) is 4.22. The topological polar surface area (TPSA) is 28.4 Å². The predicted molar refractivity (Wildman–Crippen MR) is 87.9 cm³/mol. The minimum absolute atomic E-state index is 0.120. The number of rotatable bonds is 4. The highest BCUT2D eigenvalue weighted by Crippen LogP contribution is 2.44. The number of nitrogens with one attached hydrogen (secondary N) is 1. The van der Waals surface area contributed by atoms with E-state index in [4.69, 9.17) is 16.0 Å². The molecule has 1 aromatic carbocycles.